The van der Waals surface area contributed by atoms with Crippen molar-refractivity contribution in [1.82, 2.24) is 9.88 Å². The summed E-state index contributed by atoms with van der Waals surface area (Å²) >= 11 is 1.61. The Labute approximate surface area is 102 Å². The Bertz CT molecular complexity index is 294. The molecule has 0 radical (unpaired) electrons. The first-order chi connectivity index (χ1) is 7.56. The van der Waals surface area contributed by atoms with E-state index in [1.807, 2.05) is 19.5 Å². The van der Waals surface area contributed by atoms with Gasteiger partial charge in [0, 0.05) is 23.5 Å². The maximum absolute atomic E-state index is 10.4. The lowest BCUT2D eigenvalue weighted by atomic mass is 9.83. The van der Waals surface area contributed by atoms with Crippen LogP contribution < -0.4 is 0 Å². The van der Waals surface area contributed by atoms with Crippen LogP contribution in [0, 0.1) is 0 Å². The van der Waals surface area contributed by atoms with Crippen LogP contribution in [0.15, 0.2) is 11.6 Å². The third kappa shape index (κ3) is 2.62. The fraction of sp³-hybridized carbons (Fsp3) is 0.750. The molecule has 1 aromatic heterocycles. The standard InChI is InChI=1S/C12H22N2OS/c1-5-12(6-2,14(3)4)10(15)9-11-13-7-8-16-11/h7-8,10,15H,5-6,9H2,1-4H3. The Morgan fingerprint density at radius 1 is 1.44 bits per heavy atom. The Balaban J connectivity index is 2.78. The van der Waals surface area contributed by atoms with E-state index in [1.165, 1.54) is 0 Å². The summed E-state index contributed by atoms with van der Waals surface area (Å²) in [7, 11) is 4.08. The maximum Gasteiger partial charge on any atom is 0.0951 e. The molecule has 0 fully saturated rings. The molecule has 3 nitrogen and oxygen atoms in total. The van der Waals surface area contributed by atoms with E-state index in [9.17, 15) is 5.11 Å². The first kappa shape index (κ1) is 13.6. The number of aliphatic hydroxyl groups is 1. The smallest absolute Gasteiger partial charge is 0.0951 e. The molecule has 0 aliphatic carbocycles. The average Bonchev–Trinajstić information content (AvgIpc) is 2.72. The lowest BCUT2D eigenvalue weighted by molar-refractivity contribution is -0.0125. The minimum Gasteiger partial charge on any atom is -0.391 e. The summed E-state index contributed by atoms with van der Waals surface area (Å²) < 4.78 is 0. The van der Waals surface area contributed by atoms with Gasteiger partial charge in [0.1, 0.15) is 0 Å². The van der Waals surface area contributed by atoms with E-state index in [-0.39, 0.29) is 11.6 Å². The third-order valence-corrected chi connectivity index (χ3v) is 4.39. The molecule has 1 atom stereocenters. The van der Waals surface area contributed by atoms with E-state index in [2.05, 4.69) is 23.7 Å². The van der Waals surface area contributed by atoms with Crippen molar-refractivity contribution in [3.8, 4) is 0 Å². The fourth-order valence-electron chi connectivity index (χ4n) is 2.36. The fourth-order valence-corrected chi connectivity index (χ4v) is 3.02. The molecular formula is C12H22N2OS. The van der Waals surface area contributed by atoms with Gasteiger partial charge >= 0.3 is 0 Å². The van der Waals surface area contributed by atoms with E-state index in [0.717, 1.165) is 17.8 Å². The molecule has 0 saturated carbocycles. The average molecular weight is 242 g/mol. The minimum atomic E-state index is -0.358. The maximum atomic E-state index is 10.4. The van der Waals surface area contributed by atoms with Gasteiger partial charge in [-0.25, -0.2) is 4.98 Å². The van der Waals surface area contributed by atoms with E-state index >= 15 is 0 Å². The lowest BCUT2D eigenvalue weighted by Crippen LogP contribution is -2.53. The molecule has 0 aliphatic rings. The first-order valence-corrected chi connectivity index (χ1v) is 6.68. The Hall–Kier alpha value is -0.450. The predicted molar refractivity (Wildman–Crippen MR) is 68.8 cm³/mol. The van der Waals surface area contributed by atoms with Gasteiger partial charge < -0.3 is 10.0 Å². The van der Waals surface area contributed by atoms with Gasteiger partial charge in [-0.1, -0.05) is 13.8 Å². The number of rotatable bonds is 6. The molecule has 0 saturated heterocycles. The topological polar surface area (TPSA) is 36.4 Å². The summed E-state index contributed by atoms with van der Waals surface area (Å²) in [6, 6.07) is 0. The number of likely N-dealkylation sites (N-methyl/N-ethyl adjacent to an activating group) is 1. The second-order valence-corrected chi connectivity index (χ2v) is 5.33. The van der Waals surface area contributed by atoms with Crippen LogP contribution in [0.2, 0.25) is 0 Å². The molecule has 0 amide bonds. The van der Waals surface area contributed by atoms with Crippen LogP contribution in [0.3, 0.4) is 0 Å². The molecule has 16 heavy (non-hydrogen) atoms. The summed E-state index contributed by atoms with van der Waals surface area (Å²) in [5, 5.41) is 13.4. The lowest BCUT2D eigenvalue weighted by Gasteiger charge is -2.42. The second-order valence-electron chi connectivity index (χ2n) is 4.35. The molecule has 0 spiro atoms. The highest BCUT2D eigenvalue weighted by Gasteiger charge is 2.36. The molecular weight excluding hydrogens is 220 g/mol. The van der Waals surface area contributed by atoms with Gasteiger partial charge in [0.05, 0.1) is 11.1 Å². The SMILES string of the molecule is CCC(CC)(C(O)Cc1nccs1)N(C)C. The van der Waals surface area contributed by atoms with Crippen molar-refractivity contribution in [2.75, 3.05) is 14.1 Å². The van der Waals surface area contributed by atoms with Gasteiger partial charge in [0.25, 0.3) is 0 Å². The zero-order chi connectivity index (χ0) is 12.2. The largest absolute Gasteiger partial charge is 0.391 e. The van der Waals surface area contributed by atoms with Gasteiger partial charge in [-0.3, -0.25) is 0 Å². The number of nitrogens with zero attached hydrogens (tertiary/aromatic N) is 2. The summed E-state index contributed by atoms with van der Waals surface area (Å²) in [6.07, 6.45) is 3.98. The first-order valence-electron chi connectivity index (χ1n) is 5.80. The van der Waals surface area contributed by atoms with Crippen LogP contribution >= 0.6 is 11.3 Å². The zero-order valence-electron chi connectivity index (χ0n) is 10.6. The normalized spacial score (nSPS) is 14.4. The van der Waals surface area contributed by atoms with Crippen LogP contribution in [0.5, 0.6) is 0 Å². The molecule has 1 N–H and O–H groups in total. The third-order valence-electron chi connectivity index (χ3n) is 3.59. The molecule has 0 bridgehead atoms. The number of hydrogen-bond acceptors (Lipinski definition) is 4. The van der Waals surface area contributed by atoms with E-state index < -0.39 is 0 Å². The highest BCUT2D eigenvalue weighted by molar-refractivity contribution is 7.09. The van der Waals surface area contributed by atoms with Crippen molar-refractivity contribution in [3.05, 3.63) is 16.6 Å². The minimum absolute atomic E-state index is 0.133. The number of aliphatic hydroxyl groups excluding tert-OH is 1. The number of thiazole rings is 1. The van der Waals surface area contributed by atoms with Crippen molar-refractivity contribution in [2.45, 2.75) is 44.8 Å². The van der Waals surface area contributed by atoms with Crippen LogP contribution in [0.1, 0.15) is 31.7 Å². The monoisotopic (exact) mass is 242 g/mol. The molecule has 4 heteroatoms. The van der Waals surface area contributed by atoms with Crippen molar-refractivity contribution >= 4 is 11.3 Å². The van der Waals surface area contributed by atoms with Crippen molar-refractivity contribution < 1.29 is 5.11 Å². The molecule has 0 aliphatic heterocycles. The molecule has 1 aromatic rings. The van der Waals surface area contributed by atoms with Crippen LogP contribution in [-0.4, -0.2) is 40.7 Å². The Morgan fingerprint density at radius 2 is 2.06 bits per heavy atom. The number of aromatic nitrogens is 1. The van der Waals surface area contributed by atoms with E-state index in [4.69, 9.17) is 0 Å². The van der Waals surface area contributed by atoms with Gasteiger partial charge in [0.2, 0.25) is 0 Å². The Kier molecular flexibility index (Phi) is 4.89. The summed E-state index contributed by atoms with van der Waals surface area (Å²) in [5.74, 6) is 0. The van der Waals surface area contributed by atoms with Gasteiger partial charge in [-0.2, -0.15) is 0 Å². The molecule has 92 valence electrons. The van der Waals surface area contributed by atoms with Gasteiger partial charge in [-0.05, 0) is 26.9 Å². The van der Waals surface area contributed by atoms with Gasteiger partial charge in [-0.15, -0.1) is 11.3 Å². The molecule has 1 heterocycles. The highest BCUT2D eigenvalue weighted by Crippen LogP contribution is 2.28. The van der Waals surface area contributed by atoms with E-state index in [1.54, 1.807) is 17.5 Å². The quantitative estimate of drug-likeness (QED) is 0.830. The van der Waals surface area contributed by atoms with Crippen LogP contribution in [0.25, 0.3) is 0 Å². The van der Waals surface area contributed by atoms with Crippen molar-refractivity contribution in [2.24, 2.45) is 0 Å². The molecule has 1 rings (SSSR count). The highest BCUT2D eigenvalue weighted by atomic mass is 32.1. The van der Waals surface area contributed by atoms with Crippen LogP contribution in [0.4, 0.5) is 0 Å². The van der Waals surface area contributed by atoms with Gasteiger partial charge in [0.15, 0.2) is 0 Å². The summed E-state index contributed by atoms with van der Waals surface area (Å²) in [4.78, 5) is 6.38. The predicted octanol–water partition coefficient (Wildman–Crippen LogP) is 2.17. The van der Waals surface area contributed by atoms with E-state index in [0.29, 0.717) is 6.42 Å². The molecule has 0 aromatic carbocycles. The summed E-state index contributed by atoms with van der Waals surface area (Å²) in [5.41, 5.74) is -0.133. The second kappa shape index (κ2) is 5.75. The van der Waals surface area contributed by atoms with Crippen molar-refractivity contribution in [3.63, 3.8) is 0 Å². The van der Waals surface area contributed by atoms with Crippen molar-refractivity contribution in [1.29, 1.82) is 0 Å². The molecule has 1 unspecified atom stereocenters. The Morgan fingerprint density at radius 3 is 2.44 bits per heavy atom. The number of hydrogen-bond donors (Lipinski definition) is 1. The summed E-state index contributed by atoms with van der Waals surface area (Å²) in [6.45, 7) is 4.27. The zero-order valence-corrected chi connectivity index (χ0v) is 11.4. The van der Waals surface area contributed by atoms with Crippen LogP contribution in [-0.2, 0) is 6.42 Å².